The maximum absolute atomic E-state index is 12.6. The summed E-state index contributed by atoms with van der Waals surface area (Å²) in [6.07, 6.45) is 4.35. The van der Waals surface area contributed by atoms with E-state index in [0.29, 0.717) is 28.8 Å². The van der Waals surface area contributed by atoms with Crippen molar-refractivity contribution in [2.24, 2.45) is 0 Å². The van der Waals surface area contributed by atoms with E-state index in [1.807, 2.05) is 6.07 Å². The molecule has 0 aliphatic heterocycles. The van der Waals surface area contributed by atoms with Crippen LogP contribution in [0.15, 0.2) is 52.3 Å². The number of carbonyl (C=O) groups excluding carboxylic acids is 1. The minimum atomic E-state index is -0.457. The average Bonchev–Trinajstić information content (AvgIpc) is 2.55. The second-order valence-electron chi connectivity index (χ2n) is 4.73. The summed E-state index contributed by atoms with van der Waals surface area (Å²) in [5.74, 6) is -0.0247. The molecule has 0 saturated carbocycles. The molecule has 0 amide bonds. The van der Waals surface area contributed by atoms with Crippen LogP contribution in [0, 0.1) is 0 Å². The van der Waals surface area contributed by atoms with Gasteiger partial charge in [0, 0.05) is 25.9 Å². The highest BCUT2D eigenvalue weighted by molar-refractivity contribution is 5.81. The molecule has 1 aromatic heterocycles. The molecule has 0 N–H and O–H groups in total. The summed E-state index contributed by atoms with van der Waals surface area (Å²) < 4.78 is 10.2. The lowest BCUT2D eigenvalue weighted by Crippen LogP contribution is -2.19. The Morgan fingerprint density at radius 3 is 2.82 bits per heavy atom. The van der Waals surface area contributed by atoms with Crippen LogP contribution in [-0.2, 0) is 16.1 Å². The van der Waals surface area contributed by atoms with E-state index in [9.17, 15) is 9.59 Å². The van der Waals surface area contributed by atoms with Crippen molar-refractivity contribution in [2.45, 2.75) is 6.54 Å². The first-order valence-corrected chi connectivity index (χ1v) is 6.70. The van der Waals surface area contributed by atoms with Gasteiger partial charge in [0.1, 0.15) is 11.3 Å². The van der Waals surface area contributed by atoms with Crippen molar-refractivity contribution in [2.75, 3.05) is 14.2 Å². The molecule has 0 unspecified atom stereocenters. The number of hydrogen-bond acceptors (Lipinski definition) is 5. The summed E-state index contributed by atoms with van der Waals surface area (Å²) in [6, 6.07) is 7.07. The van der Waals surface area contributed by atoms with Crippen molar-refractivity contribution in [1.29, 1.82) is 0 Å². The van der Waals surface area contributed by atoms with Crippen LogP contribution >= 0.6 is 0 Å². The molecule has 0 radical (unpaired) electrons. The van der Waals surface area contributed by atoms with Gasteiger partial charge in [0.25, 0.3) is 0 Å². The summed E-state index contributed by atoms with van der Waals surface area (Å²) in [4.78, 5) is 25.4. The molecule has 0 aliphatic rings. The zero-order chi connectivity index (χ0) is 16.1. The summed E-state index contributed by atoms with van der Waals surface area (Å²) in [5.41, 5.74) is 0.916. The Hall–Kier alpha value is -2.82. The van der Waals surface area contributed by atoms with E-state index in [-0.39, 0.29) is 5.43 Å². The summed E-state index contributed by atoms with van der Waals surface area (Å²) in [6.45, 7) is 3.98. The van der Waals surface area contributed by atoms with Gasteiger partial charge >= 0.3 is 5.97 Å². The Morgan fingerprint density at radius 2 is 2.14 bits per heavy atom. The van der Waals surface area contributed by atoms with Gasteiger partial charge < -0.3 is 14.1 Å². The maximum Gasteiger partial charge on any atom is 0.331 e. The molecule has 22 heavy (non-hydrogen) atoms. The fourth-order valence-electron chi connectivity index (χ4n) is 2.07. The highest BCUT2D eigenvalue weighted by Crippen LogP contribution is 2.17. The summed E-state index contributed by atoms with van der Waals surface area (Å²) in [5, 5.41) is 0.522. The third-order valence-corrected chi connectivity index (χ3v) is 3.18. The van der Waals surface area contributed by atoms with Crippen molar-refractivity contribution in [3.05, 3.63) is 64.7 Å². The summed E-state index contributed by atoms with van der Waals surface area (Å²) >= 11 is 0. The molecule has 114 valence electrons. The third kappa shape index (κ3) is 3.25. The van der Waals surface area contributed by atoms with Gasteiger partial charge in [0.2, 0.25) is 0 Å². The maximum atomic E-state index is 12.6. The van der Waals surface area contributed by atoms with Crippen molar-refractivity contribution >= 4 is 23.0 Å². The highest BCUT2D eigenvalue weighted by atomic mass is 16.5. The normalized spacial score (nSPS) is 10.8. The molecule has 0 bridgehead atoms. The smallest absolute Gasteiger partial charge is 0.331 e. The molecule has 0 atom stereocenters. The van der Waals surface area contributed by atoms with Gasteiger partial charge in [0.05, 0.1) is 18.1 Å². The number of esters is 1. The van der Waals surface area contributed by atoms with Gasteiger partial charge in [-0.3, -0.25) is 4.79 Å². The molecule has 0 aliphatic carbocycles. The number of rotatable bonds is 5. The lowest BCUT2D eigenvalue weighted by Gasteiger charge is -2.15. The number of fused-ring (bicyclic) bond motifs is 1. The van der Waals surface area contributed by atoms with E-state index < -0.39 is 5.97 Å². The molecular formula is C17H17NO4. The number of carbonyl (C=O) groups is 1. The zero-order valence-electron chi connectivity index (χ0n) is 12.5. The van der Waals surface area contributed by atoms with Crippen LogP contribution in [0.25, 0.3) is 17.0 Å². The van der Waals surface area contributed by atoms with Crippen LogP contribution in [0.2, 0.25) is 0 Å². The van der Waals surface area contributed by atoms with E-state index in [4.69, 9.17) is 4.42 Å². The minimum Gasteiger partial charge on any atom is -0.466 e. The minimum absolute atomic E-state index is 0.102. The van der Waals surface area contributed by atoms with Crippen molar-refractivity contribution in [3.63, 3.8) is 0 Å². The lowest BCUT2D eigenvalue weighted by molar-refractivity contribution is -0.134. The second-order valence-corrected chi connectivity index (χ2v) is 4.73. The topological polar surface area (TPSA) is 59.8 Å². The van der Waals surface area contributed by atoms with E-state index >= 15 is 0 Å². The van der Waals surface area contributed by atoms with E-state index in [1.54, 1.807) is 36.3 Å². The summed E-state index contributed by atoms with van der Waals surface area (Å²) in [7, 11) is 3.06. The van der Waals surface area contributed by atoms with Gasteiger partial charge in [-0.2, -0.15) is 0 Å². The molecule has 5 nitrogen and oxygen atoms in total. The number of para-hydroxylation sites is 1. The van der Waals surface area contributed by atoms with E-state index in [0.717, 1.165) is 0 Å². The number of benzene rings is 1. The number of hydrogen-bond donors (Lipinski definition) is 0. The monoisotopic (exact) mass is 299 g/mol. The van der Waals surface area contributed by atoms with Crippen LogP contribution in [0.1, 0.15) is 11.3 Å². The van der Waals surface area contributed by atoms with E-state index in [1.165, 1.54) is 19.3 Å². The fraction of sp³-hybridized carbons (Fsp3) is 0.176. The van der Waals surface area contributed by atoms with Crippen molar-refractivity contribution in [1.82, 2.24) is 4.90 Å². The Balaban J connectivity index is 2.40. The molecule has 1 heterocycles. The molecule has 2 rings (SSSR count). The quantitative estimate of drug-likeness (QED) is 0.627. The van der Waals surface area contributed by atoms with Crippen LogP contribution in [0.3, 0.4) is 0 Å². The van der Waals surface area contributed by atoms with Gasteiger partial charge in [-0.05, 0) is 18.2 Å². The number of nitrogens with zero attached hydrogens (tertiary/aromatic N) is 1. The van der Waals surface area contributed by atoms with Gasteiger partial charge in [-0.1, -0.05) is 18.7 Å². The predicted molar refractivity (Wildman–Crippen MR) is 85.2 cm³/mol. The Morgan fingerprint density at radius 1 is 1.41 bits per heavy atom. The van der Waals surface area contributed by atoms with Gasteiger partial charge in [0.15, 0.2) is 5.43 Å². The van der Waals surface area contributed by atoms with Crippen molar-refractivity contribution < 1.29 is 13.9 Å². The zero-order valence-corrected chi connectivity index (χ0v) is 12.5. The predicted octanol–water partition coefficient (Wildman–Crippen LogP) is 2.55. The van der Waals surface area contributed by atoms with Crippen LogP contribution < -0.4 is 5.43 Å². The molecule has 1 aromatic carbocycles. The average molecular weight is 299 g/mol. The van der Waals surface area contributed by atoms with E-state index in [2.05, 4.69) is 11.3 Å². The van der Waals surface area contributed by atoms with Crippen LogP contribution in [-0.4, -0.2) is 25.0 Å². The molecule has 0 fully saturated rings. The standard InChI is InChI=1S/C17H17NO4/c1-4-14-13(11-18(2)10-9-16(19)21-3)17(20)12-7-5-6-8-15(12)22-14/h4-10H,1,11H2,2-3H3/b10-9+. The van der Waals surface area contributed by atoms with Gasteiger partial charge in [-0.15, -0.1) is 0 Å². The van der Waals surface area contributed by atoms with Crippen molar-refractivity contribution in [3.8, 4) is 0 Å². The third-order valence-electron chi connectivity index (χ3n) is 3.18. The van der Waals surface area contributed by atoms with Crippen LogP contribution in [0.4, 0.5) is 0 Å². The number of ether oxygens (including phenoxy) is 1. The Labute approximate surface area is 128 Å². The molecular weight excluding hydrogens is 282 g/mol. The SMILES string of the molecule is C=Cc1oc2ccccc2c(=O)c1CN(C)/C=C/C(=O)OC. The fourth-order valence-corrected chi connectivity index (χ4v) is 2.07. The van der Waals surface area contributed by atoms with Crippen LogP contribution in [0.5, 0.6) is 0 Å². The molecule has 2 aromatic rings. The Kier molecular flexibility index (Phi) is 4.78. The molecule has 5 heteroatoms. The molecule has 0 spiro atoms. The first-order valence-electron chi connectivity index (χ1n) is 6.70. The lowest BCUT2D eigenvalue weighted by atomic mass is 10.1. The second kappa shape index (κ2) is 6.76. The first-order chi connectivity index (χ1) is 10.6. The van der Waals surface area contributed by atoms with Gasteiger partial charge in [-0.25, -0.2) is 4.79 Å². The Bertz CT molecular complexity index is 789. The number of methoxy groups -OCH3 is 1. The first kappa shape index (κ1) is 15.6. The largest absolute Gasteiger partial charge is 0.466 e. The molecule has 0 saturated heterocycles. The highest BCUT2D eigenvalue weighted by Gasteiger charge is 2.13.